The normalized spacial score (nSPS) is 12.4. The first kappa shape index (κ1) is 9.51. The minimum absolute atomic E-state index is 0.0702. The van der Waals surface area contributed by atoms with E-state index in [0.717, 1.165) is 0 Å². The average molecular weight is 181 g/mol. The van der Waals surface area contributed by atoms with Crippen molar-refractivity contribution < 1.29 is 9.90 Å². The van der Waals surface area contributed by atoms with E-state index in [9.17, 15) is 9.59 Å². The molecule has 70 valence electrons. The van der Waals surface area contributed by atoms with Crippen LogP contribution in [0.3, 0.4) is 0 Å². The zero-order valence-electron chi connectivity index (χ0n) is 7.30. The first-order valence-electron chi connectivity index (χ1n) is 3.98. The van der Waals surface area contributed by atoms with Crippen LogP contribution in [0, 0.1) is 5.92 Å². The van der Waals surface area contributed by atoms with Crippen molar-refractivity contribution in [3.63, 3.8) is 0 Å². The molecule has 1 aromatic rings. The van der Waals surface area contributed by atoms with Crippen molar-refractivity contribution in [2.24, 2.45) is 5.92 Å². The maximum atomic E-state index is 10.7. The van der Waals surface area contributed by atoms with E-state index in [2.05, 4.69) is 0 Å². The molecule has 4 heteroatoms. The summed E-state index contributed by atoms with van der Waals surface area (Å²) in [6.07, 6.45) is 3.17. The molecule has 0 saturated carbocycles. The van der Waals surface area contributed by atoms with Gasteiger partial charge in [-0.1, -0.05) is 6.92 Å². The van der Waals surface area contributed by atoms with Gasteiger partial charge in [-0.3, -0.25) is 9.59 Å². The van der Waals surface area contributed by atoms with Crippen molar-refractivity contribution in [2.45, 2.75) is 13.5 Å². The van der Waals surface area contributed by atoms with E-state index >= 15 is 0 Å². The van der Waals surface area contributed by atoms with Crippen molar-refractivity contribution in [3.05, 3.63) is 34.7 Å². The first-order chi connectivity index (χ1) is 6.09. The molecule has 0 aliphatic carbocycles. The summed E-state index contributed by atoms with van der Waals surface area (Å²) in [6, 6.07) is 2.82. The van der Waals surface area contributed by atoms with Crippen LogP contribution in [-0.4, -0.2) is 15.6 Å². The van der Waals surface area contributed by atoms with Gasteiger partial charge in [0.2, 0.25) is 0 Å². The van der Waals surface area contributed by atoms with Crippen LogP contribution in [0.5, 0.6) is 0 Å². The molecule has 0 amide bonds. The second-order valence-electron chi connectivity index (χ2n) is 2.97. The Hall–Kier alpha value is -1.58. The summed E-state index contributed by atoms with van der Waals surface area (Å²) in [7, 11) is 0. The van der Waals surface area contributed by atoms with Gasteiger partial charge < -0.3 is 9.67 Å². The quantitative estimate of drug-likeness (QED) is 0.741. The number of rotatable bonds is 3. The Morgan fingerprint density at radius 1 is 1.54 bits per heavy atom. The number of hydrogen-bond donors (Lipinski definition) is 1. The number of pyridine rings is 1. The highest BCUT2D eigenvalue weighted by Crippen LogP contribution is 1.98. The molecule has 13 heavy (non-hydrogen) atoms. The first-order valence-corrected chi connectivity index (χ1v) is 3.98. The van der Waals surface area contributed by atoms with Gasteiger partial charge in [-0.25, -0.2) is 0 Å². The third-order valence-corrected chi connectivity index (χ3v) is 1.77. The molecule has 0 aliphatic rings. The fourth-order valence-corrected chi connectivity index (χ4v) is 0.960. The number of carboxylic acids is 1. The third-order valence-electron chi connectivity index (χ3n) is 1.77. The Kier molecular flexibility index (Phi) is 2.84. The van der Waals surface area contributed by atoms with Crippen LogP contribution in [0.4, 0.5) is 0 Å². The molecule has 0 aliphatic heterocycles. The van der Waals surface area contributed by atoms with Crippen LogP contribution in [-0.2, 0) is 11.3 Å². The van der Waals surface area contributed by atoms with E-state index in [1.807, 2.05) is 0 Å². The van der Waals surface area contributed by atoms with Gasteiger partial charge >= 0.3 is 5.97 Å². The minimum Gasteiger partial charge on any atom is -0.481 e. The van der Waals surface area contributed by atoms with Crippen molar-refractivity contribution in [2.75, 3.05) is 0 Å². The van der Waals surface area contributed by atoms with Crippen LogP contribution in [0.15, 0.2) is 29.3 Å². The number of carboxylic acid groups (broad SMARTS) is 1. The van der Waals surface area contributed by atoms with Gasteiger partial charge in [0.25, 0.3) is 0 Å². The fraction of sp³-hybridized carbons (Fsp3) is 0.333. The molecule has 0 saturated heterocycles. The summed E-state index contributed by atoms with van der Waals surface area (Å²) in [5.74, 6) is -1.28. The predicted octanol–water partition coefficient (Wildman–Crippen LogP) is 0.569. The Labute approximate surface area is 75.4 Å². The van der Waals surface area contributed by atoms with E-state index in [4.69, 9.17) is 5.11 Å². The van der Waals surface area contributed by atoms with Gasteiger partial charge in [0.15, 0.2) is 5.43 Å². The van der Waals surface area contributed by atoms with Gasteiger partial charge in [0, 0.05) is 31.1 Å². The Morgan fingerprint density at radius 2 is 2.08 bits per heavy atom. The van der Waals surface area contributed by atoms with E-state index in [0.29, 0.717) is 6.54 Å². The molecule has 1 aromatic heterocycles. The summed E-state index contributed by atoms with van der Waals surface area (Å²) in [5, 5.41) is 8.62. The lowest BCUT2D eigenvalue weighted by Gasteiger charge is -2.08. The lowest BCUT2D eigenvalue weighted by Crippen LogP contribution is -2.17. The summed E-state index contributed by atoms with van der Waals surface area (Å²) < 4.78 is 1.68. The molecule has 0 spiro atoms. The van der Waals surface area contributed by atoms with Gasteiger partial charge in [-0.15, -0.1) is 0 Å². The lowest BCUT2D eigenvalue weighted by molar-refractivity contribution is -0.141. The predicted molar refractivity (Wildman–Crippen MR) is 47.5 cm³/mol. The molecule has 1 heterocycles. The van der Waals surface area contributed by atoms with Gasteiger partial charge in [0.05, 0.1) is 5.92 Å². The van der Waals surface area contributed by atoms with Crippen molar-refractivity contribution in [3.8, 4) is 0 Å². The largest absolute Gasteiger partial charge is 0.481 e. The smallest absolute Gasteiger partial charge is 0.308 e. The Balaban J connectivity index is 2.70. The van der Waals surface area contributed by atoms with E-state index in [1.54, 1.807) is 23.9 Å². The minimum atomic E-state index is -0.835. The molecular weight excluding hydrogens is 170 g/mol. The Bertz CT molecular complexity index is 336. The molecule has 0 bridgehead atoms. The van der Waals surface area contributed by atoms with Crippen LogP contribution >= 0.6 is 0 Å². The summed E-state index contributed by atoms with van der Waals surface area (Å²) in [4.78, 5) is 21.2. The number of aliphatic carboxylic acids is 1. The molecule has 4 nitrogen and oxygen atoms in total. The van der Waals surface area contributed by atoms with E-state index < -0.39 is 11.9 Å². The number of carbonyl (C=O) groups is 1. The average Bonchev–Trinajstić information content (AvgIpc) is 2.08. The topological polar surface area (TPSA) is 59.3 Å². The third kappa shape index (κ3) is 2.74. The number of hydrogen-bond acceptors (Lipinski definition) is 2. The highest BCUT2D eigenvalue weighted by molar-refractivity contribution is 5.69. The van der Waals surface area contributed by atoms with Gasteiger partial charge in [-0.2, -0.15) is 0 Å². The molecule has 1 rings (SSSR count). The molecule has 1 unspecified atom stereocenters. The maximum Gasteiger partial charge on any atom is 0.308 e. The lowest BCUT2D eigenvalue weighted by atomic mass is 10.2. The fourth-order valence-electron chi connectivity index (χ4n) is 0.960. The molecule has 0 aromatic carbocycles. The van der Waals surface area contributed by atoms with E-state index in [-0.39, 0.29) is 5.43 Å². The van der Waals surface area contributed by atoms with Crippen molar-refractivity contribution in [1.82, 2.24) is 4.57 Å². The molecule has 1 N–H and O–H groups in total. The summed E-state index contributed by atoms with van der Waals surface area (Å²) in [5.41, 5.74) is -0.0702. The zero-order valence-corrected chi connectivity index (χ0v) is 7.30. The van der Waals surface area contributed by atoms with Gasteiger partial charge in [-0.05, 0) is 0 Å². The molecule has 0 fully saturated rings. The molecular formula is C9H11NO3. The number of aromatic nitrogens is 1. The highest BCUT2D eigenvalue weighted by Gasteiger charge is 2.09. The van der Waals surface area contributed by atoms with Crippen LogP contribution in [0.1, 0.15) is 6.92 Å². The summed E-state index contributed by atoms with van der Waals surface area (Å²) in [6.45, 7) is 2.01. The van der Waals surface area contributed by atoms with Crippen molar-refractivity contribution in [1.29, 1.82) is 0 Å². The maximum absolute atomic E-state index is 10.7. The highest BCUT2D eigenvalue weighted by atomic mass is 16.4. The van der Waals surface area contributed by atoms with Crippen LogP contribution in [0.25, 0.3) is 0 Å². The molecule has 0 radical (unpaired) electrons. The second kappa shape index (κ2) is 3.89. The summed E-state index contributed by atoms with van der Waals surface area (Å²) >= 11 is 0. The SMILES string of the molecule is CC(Cn1ccc(=O)cc1)C(=O)O. The van der Waals surface area contributed by atoms with Crippen molar-refractivity contribution >= 4 is 5.97 Å². The zero-order chi connectivity index (χ0) is 9.84. The second-order valence-corrected chi connectivity index (χ2v) is 2.97. The van der Waals surface area contributed by atoms with Crippen LogP contribution < -0.4 is 5.43 Å². The standard InChI is InChI=1S/C9H11NO3/c1-7(9(12)13)6-10-4-2-8(11)3-5-10/h2-5,7H,6H2,1H3,(H,12,13). The molecule has 1 atom stereocenters. The van der Waals surface area contributed by atoms with Gasteiger partial charge in [0.1, 0.15) is 0 Å². The number of nitrogens with zero attached hydrogens (tertiary/aromatic N) is 1. The van der Waals surface area contributed by atoms with E-state index in [1.165, 1.54) is 12.1 Å². The van der Waals surface area contributed by atoms with Crippen LogP contribution in [0.2, 0.25) is 0 Å². The monoisotopic (exact) mass is 181 g/mol. The Morgan fingerprint density at radius 3 is 2.54 bits per heavy atom.